The summed E-state index contributed by atoms with van der Waals surface area (Å²) in [6.07, 6.45) is 0. The highest BCUT2D eigenvalue weighted by Gasteiger charge is 2.15. The molecule has 32 heavy (non-hydrogen) atoms. The highest BCUT2D eigenvalue weighted by Crippen LogP contribution is 2.36. The number of ether oxygens (including phenoxy) is 2. The van der Waals surface area contributed by atoms with E-state index in [1.807, 2.05) is 36.4 Å². The van der Waals surface area contributed by atoms with Crippen molar-refractivity contribution in [2.24, 2.45) is 0 Å². The Morgan fingerprint density at radius 2 is 1.66 bits per heavy atom. The molecule has 0 aliphatic carbocycles. The molecule has 1 unspecified atom stereocenters. The van der Waals surface area contributed by atoms with Crippen LogP contribution in [0.25, 0.3) is 10.2 Å². The molecule has 0 aliphatic heterocycles. The van der Waals surface area contributed by atoms with Gasteiger partial charge < -0.3 is 9.47 Å². The largest absolute Gasteiger partial charge is 0.493 e. The maximum atomic E-state index is 12.8. The lowest BCUT2D eigenvalue weighted by Crippen LogP contribution is -2.20. The van der Waals surface area contributed by atoms with Crippen LogP contribution in [0.2, 0.25) is 0 Å². The fourth-order valence-corrected chi connectivity index (χ4v) is 4.96. The highest BCUT2D eigenvalue weighted by molar-refractivity contribution is 7.86. The number of fused-ring (bicyclic) bond motifs is 1. The predicted molar refractivity (Wildman–Crippen MR) is 128 cm³/mol. The Hall–Kier alpha value is -3.43. The van der Waals surface area contributed by atoms with Gasteiger partial charge in [-0.1, -0.05) is 29.5 Å². The lowest BCUT2D eigenvalue weighted by atomic mass is 10.2. The molecule has 1 N–H and O–H groups in total. The van der Waals surface area contributed by atoms with Crippen LogP contribution < -0.4 is 19.1 Å². The summed E-state index contributed by atoms with van der Waals surface area (Å²) in [5.74, 6) is 0.884. The number of methoxy groups -OCH3 is 2. The predicted octanol–water partition coefficient (Wildman–Crippen LogP) is 4.72. The Bertz CT molecular complexity index is 1230. The average molecular weight is 468 g/mol. The fourth-order valence-electron chi connectivity index (χ4n) is 3.09. The number of hydrogen-bond donors (Lipinski definition) is 1. The van der Waals surface area contributed by atoms with E-state index < -0.39 is 11.0 Å². The summed E-state index contributed by atoms with van der Waals surface area (Å²) in [6.45, 7) is 0. The zero-order valence-electron chi connectivity index (χ0n) is 17.7. The van der Waals surface area contributed by atoms with Crippen molar-refractivity contribution in [3.05, 3.63) is 72.3 Å². The maximum absolute atomic E-state index is 12.8. The highest BCUT2D eigenvalue weighted by atomic mass is 32.2. The second kappa shape index (κ2) is 9.37. The zero-order chi connectivity index (χ0) is 22.7. The summed E-state index contributed by atoms with van der Waals surface area (Å²) < 4.78 is 26.0. The van der Waals surface area contributed by atoms with E-state index in [1.165, 1.54) is 11.3 Å². The number of para-hydroxylation sites is 1. The van der Waals surface area contributed by atoms with Crippen molar-refractivity contribution in [2.45, 2.75) is 4.90 Å². The van der Waals surface area contributed by atoms with Gasteiger partial charge in [-0.2, -0.15) is 0 Å². The van der Waals surface area contributed by atoms with Gasteiger partial charge in [0.1, 0.15) is 0 Å². The van der Waals surface area contributed by atoms with Gasteiger partial charge in [-0.15, -0.1) is 0 Å². The zero-order valence-corrected chi connectivity index (χ0v) is 19.3. The van der Waals surface area contributed by atoms with E-state index in [1.54, 1.807) is 55.9 Å². The number of benzene rings is 3. The molecule has 1 amide bonds. The molecule has 0 saturated heterocycles. The molecule has 0 spiro atoms. The van der Waals surface area contributed by atoms with Gasteiger partial charge in [0.25, 0.3) is 5.91 Å². The van der Waals surface area contributed by atoms with Gasteiger partial charge in [-0.3, -0.25) is 14.4 Å². The first-order valence-electron chi connectivity index (χ1n) is 9.65. The van der Waals surface area contributed by atoms with Crippen LogP contribution in [-0.2, 0) is 11.0 Å². The summed E-state index contributed by atoms with van der Waals surface area (Å²) in [5, 5.41) is 3.29. The number of rotatable bonds is 7. The van der Waals surface area contributed by atoms with Crippen LogP contribution >= 0.6 is 11.3 Å². The summed E-state index contributed by atoms with van der Waals surface area (Å²) in [5.41, 5.74) is 2.00. The van der Waals surface area contributed by atoms with Crippen LogP contribution in [0.1, 0.15) is 10.4 Å². The molecule has 7 nitrogen and oxygen atoms in total. The molecule has 9 heteroatoms. The fraction of sp³-hybridized carbons (Fsp3) is 0.130. The topological polar surface area (TPSA) is 80.8 Å². The van der Waals surface area contributed by atoms with E-state index in [2.05, 4.69) is 10.3 Å². The third-order valence-corrected chi connectivity index (χ3v) is 7.12. The van der Waals surface area contributed by atoms with Gasteiger partial charge >= 0.3 is 0 Å². The van der Waals surface area contributed by atoms with E-state index in [9.17, 15) is 9.00 Å². The molecule has 1 aromatic heterocycles. The van der Waals surface area contributed by atoms with E-state index in [0.717, 1.165) is 10.4 Å². The Morgan fingerprint density at radius 3 is 2.31 bits per heavy atom. The third kappa shape index (κ3) is 4.44. The van der Waals surface area contributed by atoms with E-state index in [4.69, 9.17) is 9.47 Å². The standard InChI is InChI=1S/C23H21N3O4S2/c1-26(16-7-5-4-6-8-16)32(28)17-11-9-15(10-12-17)22(27)25-23-24-18-13-19(29-2)20(30-3)14-21(18)31-23/h4-14H,1-3H3,(H,24,25,27). The van der Waals surface area contributed by atoms with Crippen LogP contribution in [0.5, 0.6) is 11.5 Å². The smallest absolute Gasteiger partial charge is 0.257 e. The number of nitrogens with one attached hydrogen (secondary N) is 1. The van der Waals surface area contributed by atoms with Gasteiger partial charge in [0.15, 0.2) is 27.6 Å². The molecular formula is C23H21N3O4S2. The van der Waals surface area contributed by atoms with Crippen LogP contribution in [0, 0.1) is 0 Å². The van der Waals surface area contributed by atoms with Crippen molar-refractivity contribution in [1.29, 1.82) is 0 Å². The van der Waals surface area contributed by atoms with Gasteiger partial charge in [0.05, 0.1) is 29.3 Å². The SMILES string of the molecule is COc1cc2nc(NC(=O)c3ccc(S(=O)N(C)c4ccccc4)cc3)sc2cc1OC. The molecule has 0 aliphatic rings. The monoisotopic (exact) mass is 467 g/mol. The molecular weight excluding hydrogens is 446 g/mol. The van der Waals surface area contributed by atoms with Gasteiger partial charge in [0.2, 0.25) is 0 Å². The molecule has 0 radical (unpaired) electrons. The minimum Gasteiger partial charge on any atom is -0.493 e. The number of carbonyl (C=O) groups is 1. The first-order valence-corrected chi connectivity index (χ1v) is 11.6. The second-order valence-electron chi connectivity index (χ2n) is 6.75. The summed E-state index contributed by atoms with van der Waals surface area (Å²) >= 11 is 1.34. The molecule has 1 heterocycles. The van der Waals surface area contributed by atoms with Gasteiger partial charge in [-0.25, -0.2) is 9.19 Å². The number of anilines is 2. The minimum absolute atomic E-state index is 0.295. The molecule has 3 aromatic carbocycles. The van der Waals surface area contributed by atoms with E-state index in [-0.39, 0.29) is 5.91 Å². The summed E-state index contributed by atoms with van der Waals surface area (Å²) in [4.78, 5) is 17.8. The number of hydrogen-bond acceptors (Lipinski definition) is 6. The quantitative estimate of drug-likeness (QED) is 0.425. The van der Waals surface area contributed by atoms with Crippen LogP contribution in [0.4, 0.5) is 10.8 Å². The van der Waals surface area contributed by atoms with E-state index >= 15 is 0 Å². The molecule has 0 bridgehead atoms. The number of nitrogens with zero attached hydrogens (tertiary/aromatic N) is 2. The number of carbonyl (C=O) groups excluding carboxylic acids is 1. The van der Waals surface area contributed by atoms with E-state index in [0.29, 0.717) is 32.6 Å². The van der Waals surface area contributed by atoms with Gasteiger partial charge in [0, 0.05) is 30.4 Å². The first-order chi connectivity index (χ1) is 15.5. The number of amides is 1. The second-order valence-corrected chi connectivity index (χ2v) is 9.30. The molecule has 4 rings (SSSR count). The van der Waals surface area contributed by atoms with Crippen molar-refractivity contribution in [3.8, 4) is 11.5 Å². The lowest BCUT2D eigenvalue weighted by molar-refractivity contribution is 0.102. The van der Waals surface area contributed by atoms with Crippen molar-refractivity contribution in [1.82, 2.24) is 4.98 Å². The van der Waals surface area contributed by atoms with Crippen LogP contribution in [0.3, 0.4) is 0 Å². The average Bonchev–Trinajstić information content (AvgIpc) is 3.23. The number of thiazole rings is 1. The van der Waals surface area contributed by atoms with Crippen LogP contribution in [-0.4, -0.2) is 36.4 Å². The first kappa shape index (κ1) is 21.8. The summed E-state index contributed by atoms with van der Waals surface area (Å²) in [7, 11) is 3.51. The molecule has 4 aromatic rings. The normalized spacial score (nSPS) is 11.7. The lowest BCUT2D eigenvalue weighted by Gasteiger charge is -2.18. The Morgan fingerprint density at radius 1 is 1.00 bits per heavy atom. The molecule has 0 saturated carbocycles. The molecule has 1 atom stereocenters. The molecule has 0 fully saturated rings. The van der Waals surface area contributed by atoms with Gasteiger partial charge in [-0.05, 0) is 36.4 Å². The minimum atomic E-state index is -1.39. The Balaban J connectivity index is 1.49. The van der Waals surface area contributed by atoms with Crippen molar-refractivity contribution < 1.29 is 18.5 Å². The van der Waals surface area contributed by atoms with Crippen molar-refractivity contribution in [2.75, 3.05) is 30.9 Å². The van der Waals surface area contributed by atoms with Crippen molar-refractivity contribution in [3.63, 3.8) is 0 Å². The Labute approximate surface area is 192 Å². The molecule has 164 valence electrons. The Kier molecular flexibility index (Phi) is 6.38. The van der Waals surface area contributed by atoms with Crippen LogP contribution in [0.15, 0.2) is 71.6 Å². The number of aromatic nitrogens is 1. The van der Waals surface area contributed by atoms with Crippen molar-refractivity contribution >= 4 is 49.3 Å². The summed E-state index contributed by atoms with van der Waals surface area (Å²) in [6, 6.07) is 19.8. The maximum Gasteiger partial charge on any atom is 0.257 e. The third-order valence-electron chi connectivity index (χ3n) is 4.80.